The Kier molecular flexibility index (Phi) is 4.22. The number of halogens is 4. The number of nitrogens with one attached hydrogen (secondary N) is 1. The monoisotopic (exact) mass is 286 g/mol. The van der Waals surface area contributed by atoms with Gasteiger partial charge in [-0.25, -0.2) is 14.2 Å². The molecule has 0 spiro atoms. The molecule has 10 heteroatoms. The van der Waals surface area contributed by atoms with E-state index in [1.807, 2.05) is 0 Å². The minimum atomic E-state index is -4.69. The third-order valence-corrected chi connectivity index (χ3v) is 2.62. The fraction of sp³-hybridized carbons (Fsp3) is 0.375. The molecule has 5 nitrogen and oxygen atoms in total. The highest BCUT2D eigenvalue weighted by Gasteiger charge is 2.35. The molecule has 1 aromatic heterocycles. The van der Waals surface area contributed by atoms with Crippen molar-refractivity contribution in [3.63, 3.8) is 0 Å². The van der Waals surface area contributed by atoms with Gasteiger partial charge in [-0.05, 0) is 0 Å². The number of carbonyl (C=O) groups is 2. The van der Waals surface area contributed by atoms with Gasteiger partial charge in [-0.15, -0.1) is 11.3 Å². The summed E-state index contributed by atoms with van der Waals surface area (Å²) < 4.78 is 48.7. The number of rotatable bonds is 4. The van der Waals surface area contributed by atoms with Crippen LogP contribution in [0.2, 0.25) is 0 Å². The summed E-state index contributed by atoms with van der Waals surface area (Å²) in [4.78, 5) is 24.7. The number of alkyl halides is 4. The number of carboxylic acids is 1. The van der Waals surface area contributed by atoms with Gasteiger partial charge in [0.05, 0.1) is 0 Å². The summed E-state index contributed by atoms with van der Waals surface area (Å²) in [5.74, 6) is -2.80. The van der Waals surface area contributed by atoms with E-state index >= 15 is 0 Å². The van der Waals surface area contributed by atoms with E-state index in [2.05, 4.69) is 4.98 Å². The van der Waals surface area contributed by atoms with Gasteiger partial charge >= 0.3 is 12.1 Å². The summed E-state index contributed by atoms with van der Waals surface area (Å²) in [6, 6.07) is -1.81. The molecule has 0 fully saturated rings. The number of aromatic nitrogens is 1. The number of amides is 1. The van der Waals surface area contributed by atoms with Crippen LogP contribution in [0.5, 0.6) is 0 Å². The van der Waals surface area contributed by atoms with Gasteiger partial charge in [-0.1, -0.05) is 0 Å². The molecule has 18 heavy (non-hydrogen) atoms. The lowest BCUT2D eigenvalue weighted by Gasteiger charge is -2.08. The molecule has 100 valence electrons. The van der Waals surface area contributed by atoms with Crippen LogP contribution in [0.25, 0.3) is 0 Å². The molecule has 0 aliphatic carbocycles. The molecular weight excluding hydrogens is 280 g/mol. The average Bonchev–Trinajstić information content (AvgIpc) is 2.73. The SMILES string of the molecule is O=C(NC(CF)C(=O)O)c1csc(C(F)(F)F)n1. The van der Waals surface area contributed by atoms with Crippen molar-refractivity contribution in [2.75, 3.05) is 6.67 Å². The predicted octanol–water partition coefficient (Wildman–Crippen LogP) is 1.31. The number of nitrogens with zero attached hydrogens (tertiary/aromatic N) is 1. The summed E-state index contributed by atoms with van der Waals surface area (Å²) in [5, 5.41) is 9.74. The van der Waals surface area contributed by atoms with E-state index in [0.717, 1.165) is 5.38 Å². The lowest BCUT2D eigenvalue weighted by Crippen LogP contribution is -2.42. The molecule has 1 heterocycles. The molecule has 2 N–H and O–H groups in total. The standard InChI is InChI=1S/C8H6F4N2O3S/c9-1-3(6(16)17)13-5(15)4-2-18-7(14-4)8(10,11)12/h2-3H,1H2,(H,13,15)(H,16,17). The van der Waals surface area contributed by atoms with E-state index in [1.54, 1.807) is 5.32 Å². The largest absolute Gasteiger partial charge is 0.480 e. The average molecular weight is 286 g/mol. The molecule has 1 rings (SSSR count). The van der Waals surface area contributed by atoms with Gasteiger partial charge in [-0.2, -0.15) is 13.2 Å². The van der Waals surface area contributed by atoms with Crippen LogP contribution < -0.4 is 5.32 Å². The maximum atomic E-state index is 12.2. The van der Waals surface area contributed by atoms with E-state index in [-0.39, 0.29) is 11.3 Å². The van der Waals surface area contributed by atoms with Crippen molar-refractivity contribution in [1.82, 2.24) is 10.3 Å². The van der Waals surface area contributed by atoms with Gasteiger partial charge in [-0.3, -0.25) is 4.79 Å². The van der Waals surface area contributed by atoms with Crippen molar-refractivity contribution in [2.45, 2.75) is 12.2 Å². The zero-order valence-electron chi connectivity index (χ0n) is 8.49. The van der Waals surface area contributed by atoms with E-state index < -0.39 is 41.5 Å². The van der Waals surface area contributed by atoms with Gasteiger partial charge in [0.1, 0.15) is 12.4 Å². The molecule has 0 radical (unpaired) electrons. The second-order valence-corrected chi connectivity index (χ2v) is 3.91. The number of carboxylic acid groups (broad SMARTS) is 1. The smallest absolute Gasteiger partial charge is 0.443 e. The molecule has 1 aromatic rings. The fourth-order valence-corrected chi connectivity index (χ4v) is 1.57. The zero-order valence-corrected chi connectivity index (χ0v) is 9.31. The molecule has 0 bridgehead atoms. The summed E-state index contributed by atoms with van der Waals surface area (Å²) >= 11 is 0.190. The quantitative estimate of drug-likeness (QED) is 0.818. The first kappa shape index (κ1) is 14.4. The van der Waals surface area contributed by atoms with Gasteiger partial charge in [0, 0.05) is 5.38 Å². The number of thiazole rings is 1. The second-order valence-electron chi connectivity index (χ2n) is 3.05. The Morgan fingerprint density at radius 1 is 1.50 bits per heavy atom. The van der Waals surface area contributed by atoms with Crippen LogP contribution in [-0.4, -0.2) is 34.7 Å². The number of hydrogen-bond acceptors (Lipinski definition) is 4. The molecule has 0 saturated heterocycles. The maximum absolute atomic E-state index is 12.2. The highest BCUT2D eigenvalue weighted by molar-refractivity contribution is 7.09. The summed E-state index contributed by atoms with van der Waals surface area (Å²) in [7, 11) is 0. The summed E-state index contributed by atoms with van der Waals surface area (Å²) in [6.07, 6.45) is -4.69. The molecule has 0 aliphatic rings. The van der Waals surface area contributed by atoms with Crippen LogP contribution in [0.4, 0.5) is 17.6 Å². The predicted molar refractivity (Wildman–Crippen MR) is 52.0 cm³/mol. The first-order valence-electron chi connectivity index (χ1n) is 4.38. The molecular formula is C8H6F4N2O3S. The first-order chi connectivity index (χ1) is 8.25. The normalized spacial score (nSPS) is 13.1. The van der Waals surface area contributed by atoms with Crippen molar-refractivity contribution < 1.29 is 32.3 Å². The van der Waals surface area contributed by atoms with Crippen molar-refractivity contribution in [2.24, 2.45) is 0 Å². The van der Waals surface area contributed by atoms with Crippen LogP contribution in [0.3, 0.4) is 0 Å². The number of hydrogen-bond donors (Lipinski definition) is 2. The van der Waals surface area contributed by atoms with Crippen molar-refractivity contribution in [3.05, 3.63) is 16.1 Å². The van der Waals surface area contributed by atoms with E-state index in [4.69, 9.17) is 5.11 Å². The lowest BCUT2D eigenvalue weighted by molar-refractivity contribution is -0.140. The van der Waals surface area contributed by atoms with Crippen molar-refractivity contribution in [1.29, 1.82) is 0 Å². The minimum Gasteiger partial charge on any atom is -0.480 e. The molecule has 0 saturated carbocycles. The van der Waals surface area contributed by atoms with Crippen LogP contribution in [0.15, 0.2) is 5.38 Å². The summed E-state index contributed by atoms with van der Waals surface area (Å²) in [6.45, 7) is -1.38. The highest BCUT2D eigenvalue weighted by atomic mass is 32.1. The Morgan fingerprint density at radius 2 is 2.11 bits per heavy atom. The Labute approximate surface area is 101 Å². The van der Waals surface area contributed by atoms with Crippen LogP contribution >= 0.6 is 11.3 Å². The van der Waals surface area contributed by atoms with E-state index in [1.165, 1.54) is 0 Å². The molecule has 1 unspecified atom stereocenters. The van der Waals surface area contributed by atoms with Gasteiger partial charge in [0.2, 0.25) is 0 Å². The van der Waals surface area contributed by atoms with E-state index in [9.17, 15) is 27.2 Å². The Balaban J connectivity index is 2.79. The third kappa shape index (κ3) is 3.39. The molecule has 1 amide bonds. The fourth-order valence-electron chi connectivity index (χ4n) is 0.907. The first-order valence-corrected chi connectivity index (χ1v) is 5.26. The zero-order chi connectivity index (χ0) is 13.9. The lowest BCUT2D eigenvalue weighted by atomic mass is 10.3. The van der Waals surface area contributed by atoms with E-state index in [0.29, 0.717) is 0 Å². The summed E-state index contributed by atoms with van der Waals surface area (Å²) in [5.41, 5.74) is -0.605. The van der Waals surface area contributed by atoms with Gasteiger partial charge in [0.15, 0.2) is 11.0 Å². The van der Waals surface area contributed by atoms with Crippen LogP contribution in [0, 0.1) is 0 Å². The Hall–Kier alpha value is -1.71. The minimum absolute atomic E-state index is 0.190. The molecule has 1 atom stereocenters. The number of carbonyl (C=O) groups excluding carboxylic acids is 1. The van der Waals surface area contributed by atoms with Gasteiger partial charge < -0.3 is 10.4 Å². The Morgan fingerprint density at radius 3 is 2.50 bits per heavy atom. The van der Waals surface area contributed by atoms with Crippen molar-refractivity contribution in [3.8, 4) is 0 Å². The number of aliphatic carboxylic acids is 1. The Bertz CT molecular complexity index is 459. The molecule has 0 aromatic carbocycles. The van der Waals surface area contributed by atoms with Crippen LogP contribution in [-0.2, 0) is 11.0 Å². The maximum Gasteiger partial charge on any atom is 0.443 e. The van der Waals surface area contributed by atoms with Crippen molar-refractivity contribution >= 4 is 23.2 Å². The third-order valence-electron chi connectivity index (χ3n) is 1.74. The second kappa shape index (κ2) is 5.29. The molecule has 0 aliphatic heterocycles. The van der Waals surface area contributed by atoms with Crippen LogP contribution in [0.1, 0.15) is 15.5 Å². The topological polar surface area (TPSA) is 79.3 Å². The van der Waals surface area contributed by atoms with Gasteiger partial charge in [0.25, 0.3) is 5.91 Å². The highest BCUT2D eigenvalue weighted by Crippen LogP contribution is 2.31.